The topological polar surface area (TPSA) is 15.3 Å². The predicted octanol–water partition coefficient (Wildman–Crippen LogP) is 4.51. The Kier molecular flexibility index (Phi) is 4.91. The molecule has 2 rings (SSSR count). The zero-order valence-electron chi connectivity index (χ0n) is 12.3. The number of halogens is 1. The molecule has 0 bridgehead atoms. The largest absolute Gasteiger partial charge is 0.383 e. The molecule has 0 saturated heterocycles. The normalized spacial score (nSPS) is 10.4. The third-order valence-electron chi connectivity index (χ3n) is 3.38. The van der Waals surface area contributed by atoms with E-state index in [1.807, 2.05) is 24.3 Å². The second kappa shape index (κ2) is 6.67. The summed E-state index contributed by atoms with van der Waals surface area (Å²) in [5.74, 6) is 0. The van der Waals surface area contributed by atoms with Gasteiger partial charge in [-0.05, 0) is 49.7 Å². The summed E-state index contributed by atoms with van der Waals surface area (Å²) >= 11 is 5.87. The van der Waals surface area contributed by atoms with Gasteiger partial charge in [-0.2, -0.15) is 0 Å². The van der Waals surface area contributed by atoms with Crippen LogP contribution in [0.15, 0.2) is 42.5 Å². The number of aryl methyl sites for hydroxylation is 2. The molecular formula is C17H21ClN2. The molecule has 20 heavy (non-hydrogen) atoms. The lowest BCUT2D eigenvalue weighted by Gasteiger charge is -2.22. The fraction of sp³-hybridized carbons (Fsp3) is 0.294. The smallest absolute Gasteiger partial charge is 0.0407 e. The second-order valence-corrected chi connectivity index (χ2v) is 5.58. The molecule has 0 aliphatic carbocycles. The van der Waals surface area contributed by atoms with Crippen molar-refractivity contribution in [2.75, 3.05) is 30.4 Å². The van der Waals surface area contributed by atoms with Crippen LogP contribution in [-0.4, -0.2) is 20.1 Å². The SMILES string of the molecule is Cc1ccc(N(C)CCNc2ccc(Cl)cc2)c(C)c1. The average Bonchev–Trinajstić information content (AvgIpc) is 2.41. The number of nitrogens with zero attached hydrogens (tertiary/aromatic N) is 1. The van der Waals surface area contributed by atoms with E-state index in [9.17, 15) is 0 Å². The lowest BCUT2D eigenvalue weighted by atomic mass is 10.1. The molecule has 2 aromatic rings. The van der Waals surface area contributed by atoms with Crippen LogP contribution in [0.3, 0.4) is 0 Å². The van der Waals surface area contributed by atoms with Crippen molar-refractivity contribution in [2.24, 2.45) is 0 Å². The second-order valence-electron chi connectivity index (χ2n) is 5.15. The van der Waals surface area contributed by atoms with E-state index in [1.54, 1.807) is 0 Å². The van der Waals surface area contributed by atoms with Gasteiger partial charge in [0.2, 0.25) is 0 Å². The van der Waals surface area contributed by atoms with Crippen LogP contribution in [0.5, 0.6) is 0 Å². The minimum absolute atomic E-state index is 0.767. The van der Waals surface area contributed by atoms with Gasteiger partial charge in [-0.1, -0.05) is 29.3 Å². The van der Waals surface area contributed by atoms with Crippen LogP contribution in [0.4, 0.5) is 11.4 Å². The maximum Gasteiger partial charge on any atom is 0.0407 e. The Bertz CT molecular complexity index is 564. The Labute approximate surface area is 126 Å². The summed E-state index contributed by atoms with van der Waals surface area (Å²) in [5.41, 5.74) is 5.01. The number of anilines is 2. The van der Waals surface area contributed by atoms with E-state index in [2.05, 4.69) is 49.3 Å². The summed E-state index contributed by atoms with van der Waals surface area (Å²) in [6.07, 6.45) is 0. The van der Waals surface area contributed by atoms with Gasteiger partial charge in [-0.25, -0.2) is 0 Å². The van der Waals surface area contributed by atoms with Crippen LogP contribution in [-0.2, 0) is 0 Å². The molecule has 0 aromatic heterocycles. The van der Waals surface area contributed by atoms with Crippen molar-refractivity contribution in [1.82, 2.24) is 0 Å². The molecule has 106 valence electrons. The van der Waals surface area contributed by atoms with Crippen LogP contribution >= 0.6 is 11.6 Å². The Morgan fingerprint density at radius 2 is 1.75 bits per heavy atom. The van der Waals surface area contributed by atoms with Gasteiger partial charge in [0.15, 0.2) is 0 Å². The van der Waals surface area contributed by atoms with Crippen molar-refractivity contribution in [3.8, 4) is 0 Å². The molecule has 2 aromatic carbocycles. The maximum absolute atomic E-state index is 5.87. The first-order chi connectivity index (χ1) is 9.56. The number of rotatable bonds is 5. The molecule has 2 nitrogen and oxygen atoms in total. The van der Waals surface area contributed by atoms with Crippen molar-refractivity contribution in [3.05, 3.63) is 58.6 Å². The van der Waals surface area contributed by atoms with Gasteiger partial charge in [-0.15, -0.1) is 0 Å². The average molecular weight is 289 g/mol. The zero-order valence-corrected chi connectivity index (χ0v) is 13.0. The predicted molar refractivity (Wildman–Crippen MR) is 89.1 cm³/mol. The summed E-state index contributed by atoms with van der Waals surface area (Å²) < 4.78 is 0. The Morgan fingerprint density at radius 1 is 1.05 bits per heavy atom. The van der Waals surface area contributed by atoms with E-state index in [0.29, 0.717) is 0 Å². The molecule has 0 aliphatic rings. The van der Waals surface area contributed by atoms with Crippen LogP contribution in [0.1, 0.15) is 11.1 Å². The fourth-order valence-electron chi connectivity index (χ4n) is 2.29. The number of likely N-dealkylation sites (N-methyl/N-ethyl adjacent to an activating group) is 1. The first-order valence-electron chi connectivity index (χ1n) is 6.84. The van der Waals surface area contributed by atoms with Gasteiger partial charge in [0.05, 0.1) is 0 Å². The minimum atomic E-state index is 0.767. The maximum atomic E-state index is 5.87. The fourth-order valence-corrected chi connectivity index (χ4v) is 2.42. The van der Waals surface area contributed by atoms with E-state index in [-0.39, 0.29) is 0 Å². The van der Waals surface area contributed by atoms with Gasteiger partial charge in [-0.3, -0.25) is 0 Å². The van der Waals surface area contributed by atoms with E-state index in [1.165, 1.54) is 16.8 Å². The van der Waals surface area contributed by atoms with Gasteiger partial charge in [0, 0.05) is 36.5 Å². The first-order valence-corrected chi connectivity index (χ1v) is 7.22. The van der Waals surface area contributed by atoms with Gasteiger partial charge < -0.3 is 10.2 Å². The van der Waals surface area contributed by atoms with E-state index in [4.69, 9.17) is 11.6 Å². The number of hydrogen-bond acceptors (Lipinski definition) is 2. The molecule has 0 atom stereocenters. The van der Waals surface area contributed by atoms with E-state index in [0.717, 1.165) is 23.8 Å². The van der Waals surface area contributed by atoms with Crippen LogP contribution in [0.2, 0.25) is 5.02 Å². The molecule has 0 amide bonds. The van der Waals surface area contributed by atoms with Crippen molar-refractivity contribution < 1.29 is 0 Å². The third-order valence-corrected chi connectivity index (χ3v) is 3.64. The highest BCUT2D eigenvalue weighted by Crippen LogP contribution is 2.19. The van der Waals surface area contributed by atoms with Crippen LogP contribution in [0.25, 0.3) is 0 Å². The Morgan fingerprint density at radius 3 is 2.40 bits per heavy atom. The first kappa shape index (κ1) is 14.7. The van der Waals surface area contributed by atoms with Crippen LogP contribution < -0.4 is 10.2 Å². The van der Waals surface area contributed by atoms with Gasteiger partial charge in [0.25, 0.3) is 0 Å². The van der Waals surface area contributed by atoms with Crippen LogP contribution in [0, 0.1) is 13.8 Å². The highest BCUT2D eigenvalue weighted by Gasteiger charge is 2.04. The molecule has 0 fully saturated rings. The highest BCUT2D eigenvalue weighted by atomic mass is 35.5. The van der Waals surface area contributed by atoms with Gasteiger partial charge >= 0.3 is 0 Å². The Balaban J connectivity index is 1.88. The van der Waals surface area contributed by atoms with E-state index < -0.39 is 0 Å². The molecule has 0 heterocycles. The van der Waals surface area contributed by atoms with Crippen molar-refractivity contribution in [1.29, 1.82) is 0 Å². The number of benzene rings is 2. The standard InChI is InChI=1S/C17H21ClN2/c1-13-4-9-17(14(2)12-13)20(3)11-10-19-16-7-5-15(18)6-8-16/h4-9,12,19H,10-11H2,1-3H3. The quantitative estimate of drug-likeness (QED) is 0.871. The molecule has 3 heteroatoms. The van der Waals surface area contributed by atoms with Crippen molar-refractivity contribution in [2.45, 2.75) is 13.8 Å². The molecule has 0 saturated carbocycles. The number of nitrogens with one attached hydrogen (secondary N) is 1. The molecule has 0 spiro atoms. The summed E-state index contributed by atoms with van der Waals surface area (Å²) in [6.45, 7) is 6.13. The summed E-state index contributed by atoms with van der Waals surface area (Å²) in [6, 6.07) is 14.4. The molecule has 1 N–H and O–H groups in total. The summed E-state index contributed by atoms with van der Waals surface area (Å²) in [5, 5.41) is 4.17. The summed E-state index contributed by atoms with van der Waals surface area (Å²) in [7, 11) is 2.13. The molecule has 0 aliphatic heterocycles. The minimum Gasteiger partial charge on any atom is -0.383 e. The number of hydrogen-bond donors (Lipinski definition) is 1. The van der Waals surface area contributed by atoms with E-state index >= 15 is 0 Å². The summed E-state index contributed by atoms with van der Waals surface area (Å²) in [4.78, 5) is 2.28. The zero-order chi connectivity index (χ0) is 14.5. The van der Waals surface area contributed by atoms with Crippen molar-refractivity contribution >= 4 is 23.0 Å². The highest BCUT2D eigenvalue weighted by molar-refractivity contribution is 6.30. The van der Waals surface area contributed by atoms with Gasteiger partial charge in [0.1, 0.15) is 0 Å². The lowest BCUT2D eigenvalue weighted by molar-refractivity contribution is 0.909. The monoisotopic (exact) mass is 288 g/mol. The lowest BCUT2D eigenvalue weighted by Crippen LogP contribution is -2.25. The van der Waals surface area contributed by atoms with Crippen molar-refractivity contribution in [3.63, 3.8) is 0 Å². The molecule has 0 unspecified atom stereocenters. The Hall–Kier alpha value is -1.67. The molecule has 0 radical (unpaired) electrons. The third kappa shape index (κ3) is 3.91. The molecular weight excluding hydrogens is 268 g/mol.